The van der Waals surface area contributed by atoms with E-state index in [1.54, 1.807) is 18.6 Å². The van der Waals surface area contributed by atoms with Crippen molar-refractivity contribution in [1.82, 2.24) is 4.90 Å². The van der Waals surface area contributed by atoms with Crippen LogP contribution in [0.15, 0.2) is 28.2 Å². The van der Waals surface area contributed by atoms with E-state index in [2.05, 4.69) is 10.1 Å². The molecule has 96 valence electrons. The zero-order chi connectivity index (χ0) is 12.0. The summed E-state index contributed by atoms with van der Waals surface area (Å²) in [5.74, 6) is 1.98. The number of piperidine rings is 3. The third-order valence-electron chi connectivity index (χ3n) is 4.33. The smallest absolute Gasteiger partial charge is 0.235 e. The largest absolute Gasteiger partial charge is 0.469 e. The van der Waals surface area contributed by atoms with Gasteiger partial charge >= 0.3 is 0 Å². The zero-order valence-electron chi connectivity index (χ0n) is 10.2. The van der Waals surface area contributed by atoms with E-state index in [0.29, 0.717) is 17.6 Å². The molecule has 1 spiro atoms. The Balaban J connectivity index is 1.48. The summed E-state index contributed by atoms with van der Waals surface area (Å²) in [5.41, 5.74) is -0.129. The van der Waals surface area contributed by atoms with Crippen LogP contribution in [-0.2, 0) is 4.84 Å². The number of hydrogen-bond donors (Lipinski definition) is 0. The summed E-state index contributed by atoms with van der Waals surface area (Å²) < 4.78 is 10.6. The van der Waals surface area contributed by atoms with E-state index in [1.807, 2.05) is 0 Å². The van der Waals surface area contributed by atoms with Gasteiger partial charge in [-0.15, -0.1) is 0 Å². The fourth-order valence-electron chi connectivity index (χ4n) is 3.39. The van der Waals surface area contributed by atoms with Gasteiger partial charge in [-0.3, -0.25) is 4.90 Å². The van der Waals surface area contributed by atoms with Crippen LogP contribution in [0.3, 0.4) is 0 Å². The van der Waals surface area contributed by atoms with Crippen molar-refractivity contribution in [2.24, 2.45) is 11.1 Å². The van der Waals surface area contributed by atoms with E-state index < -0.39 is 0 Å². The molecule has 3 saturated heterocycles. The third kappa shape index (κ3) is 1.54. The molecule has 0 aliphatic carbocycles. The second kappa shape index (κ2) is 3.75. The first-order valence-electron chi connectivity index (χ1n) is 6.52. The van der Waals surface area contributed by atoms with Gasteiger partial charge in [0, 0.05) is 18.5 Å². The fourth-order valence-corrected chi connectivity index (χ4v) is 3.39. The first kappa shape index (κ1) is 10.4. The lowest BCUT2D eigenvalue weighted by molar-refractivity contribution is -0.136. The highest BCUT2D eigenvalue weighted by Crippen LogP contribution is 2.43. The Hall–Kier alpha value is -1.49. The van der Waals surface area contributed by atoms with Gasteiger partial charge in [-0.25, -0.2) is 0 Å². The quantitative estimate of drug-likeness (QED) is 0.761. The Morgan fingerprint density at radius 1 is 1.39 bits per heavy atom. The Kier molecular flexibility index (Phi) is 2.17. The molecule has 2 bridgehead atoms. The van der Waals surface area contributed by atoms with Crippen molar-refractivity contribution in [3.05, 3.63) is 18.6 Å². The van der Waals surface area contributed by atoms with Crippen molar-refractivity contribution in [1.29, 1.82) is 0 Å². The Morgan fingerprint density at radius 2 is 2.28 bits per heavy atom. The van der Waals surface area contributed by atoms with Crippen molar-refractivity contribution >= 4 is 5.90 Å². The molecule has 0 saturated carbocycles. The lowest BCUT2D eigenvalue weighted by atomic mass is 9.74. The summed E-state index contributed by atoms with van der Waals surface area (Å²) in [7, 11) is 0. The van der Waals surface area contributed by atoms with E-state index in [4.69, 9.17) is 14.0 Å². The normalized spacial score (nSPS) is 37.7. The van der Waals surface area contributed by atoms with Crippen LogP contribution < -0.4 is 4.74 Å². The summed E-state index contributed by atoms with van der Waals surface area (Å²) in [4.78, 5) is 8.24. The molecule has 5 heteroatoms. The van der Waals surface area contributed by atoms with E-state index in [-0.39, 0.29) is 5.60 Å². The minimum atomic E-state index is -0.129. The van der Waals surface area contributed by atoms with E-state index in [1.165, 1.54) is 25.9 Å². The fraction of sp³-hybridized carbons (Fsp3) is 0.615. The number of ether oxygens (including phenoxy) is 1. The molecule has 18 heavy (non-hydrogen) atoms. The van der Waals surface area contributed by atoms with Crippen molar-refractivity contribution in [3.8, 4) is 5.75 Å². The number of fused-ring (bicyclic) bond motifs is 2. The van der Waals surface area contributed by atoms with Crippen molar-refractivity contribution in [3.63, 3.8) is 0 Å². The van der Waals surface area contributed by atoms with Gasteiger partial charge < -0.3 is 14.0 Å². The second-order valence-corrected chi connectivity index (χ2v) is 5.43. The van der Waals surface area contributed by atoms with E-state index in [9.17, 15) is 0 Å². The first-order valence-corrected chi connectivity index (χ1v) is 6.52. The van der Waals surface area contributed by atoms with Gasteiger partial charge in [-0.05, 0) is 25.9 Å². The van der Waals surface area contributed by atoms with Gasteiger partial charge in [0.15, 0.2) is 11.4 Å². The van der Waals surface area contributed by atoms with Gasteiger partial charge in [0.05, 0.1) is 12.7 Å². The number of rotatable bonds is 1. The van der Waals surface area contributed by atoms with Crippen LogP contribution >= 0.6 is 0 Å². The molecule has 1 unspecified atom stereocenters. The molecule has 5 rings (SSSR count). The van der Waals surface area contributed by atoms with Crippen LogP contribution in [0.1, 0.15) is 19.3 Å². The molecule has 0 N–H and O–H groups in total. The average molecular weight is 248 g/mol. The highest BCUT2D eigenvalue weighted by molar-refractivity contribution is 5.80. The maximum absolute atomic E-state index is 5.77. The predicted molar refractivity (Wildman–Crippen MR) is 64.4 cm³/mol. The third-order valence-corrected chi connectivity index (χ3v) is 4.33. The molecule has 1 aromatic heterocycles. The van der Waals surface area contributed by atoms with Crippen LogP contribution in [-0.4, -0.2) is 36.0 Å². The highest BCUT2D eigenvalue weighted by atomic mass is 16.7. The minimum Gasteiger partial charge on any atom is -0.469 e. The predicted octanol–water partition coefficient (Wildman–Crippen LogP) is 1.86. The highest BCUT2D eigenvalue weighted by Gasteiger charge is 2.53. The topological polar surface area (TPSA) is 47.2 Å². The van der Waals surface area contributed by atoms with Crippen LogP contribution in [0.25, 0.3) is 0 Å². The molecule has 3 fully saturated rings. The van der Waals surface area contributed by atoms with Crippen molar-refractivity contribution in [2.75, 3.05) is 19.6 Å². The minimum absolute atomic E-state index is 0.129. The van der Waals surface area contributed by atoms with Gasteiger partial charge in [-0.2, -0.15) is 0 Å². The molecule has 4 aliphatic rings. The Morgan fingerprint density at radius 3 is 2.94 bits per heavy atom. The summed E-state index contributed by atoms with van der Waals surface area (Å²) >= 11 is 0. The van der Waals surface area contributed by atoms with Crippen LogP contribution in [0, 0.1) is 5.92 Å². The second-order valence-electron chi connectivity index (χ2n) is 5.43. The number of nitrogens with zero attached hydrogens (tertiary/aromatic N) is 2. The summed E-state index contributed by atoms with van der Waals surface area (Å²) in [6, 6.07) is 1.78. The van der Waals surface area contributed by atoms with Gasteiger partial charge in [0.25, 0.3) is 0 Å². The van der Waals surface area contributed by atoms with Gasteiger partial charge in [-0.1, -0.05) is 5.16 Å². The molecular formula is C13H16N2O3. The summed E-state index contributed by atoms with van der Waals surface area (Å²) in [6.45, 7) is 3.39. The van der Waals surface area contributed by atoms with Crippen LogP contribution in [0.5, 0.6) is 5.75 Å². The maximum atomic E-state index is 5.77. The van der Waals surface area contributed by atoms with Gasteiger partial charge in [0.2, 0.25) is 5.90 Å². The van der Waals surface area contributed by atoms with Crippen molar-refractivity contribution in [2.45, 2.75) is 24.9 Å². The molecule has 5 nitrogen and oxygen atoms in total. The zero-order valence-corrected chi connectivity index (χ0v) is 10.2. The van der Waals surface area contributed by atoms with E-state index >= 15 is 0 Å². The molecule has 4 aliphatic heterocycles. The Bertz CT molecular complexity index is 463. The molecule has 1 aromatic rings. The average Bonchev–Trinajstić information content (AvgIpc) is 3.02. The van der Waals surface area contributed by atoms with Gasteiger partial charge in [0.1, 0.15) is 6.26 Å². The molecule has 5 heterocycles. The van der Waals surface area contributed by atoms with Crippen LogP contribution in [0.2, 0.25) is 0 Å². The number of oxime groups is 1. The lowest BCUT2D eigenvalue weighted by Gasteiger charge is -2.49. The number of hydrogen-bond acceptors (Lipinski definition) is 5. The maximum Gasteiger partial charge on any atom is 0.235 e. The molecule has 0 aromatic carbocycles. The lowest BCUT2D eigenvalue weighted by Crippen LogP contribution is -2.59. The van der Waals surface area contributed by atoms with Crippen molar-refractivity contribution < 1.29 is 14.0 Å². The molecular weight excluding hydrogens is 232 g/mol. The van der Waals surface area contributed by atoms with Crippen LogP contribution in [0.4, 0.5) is 0 Å². The SMILES string of the molecule is c1cc(OC2=NOC3(C2)CN2CCC3CC2)co1. The summed E-state index contributed by atoms with van der Waals surface area (Å²) in [5, 5.41) is 4.13. The monoisotopic (exact) mass is 248 g/mol. The molecule has 0 radical (unpaired) electrons. The molecule has 1 atom stereocenters. The standard InChI is InChI=1S/C13H16N2O3/c1-4-15-5-2-10(1)13(9-15)7-12(14-18-13)17-11-3-6-16-8-11/h3,6,8,10H,1-2,4-5,7,9H2. The number of furan rings is 1. The van der Waals surface area contributed by atoms with E-state index in [0.717, 1.165) is 13.0 Å². The molecule has 0 amide bonds. The summed E-state index contributed by atoms with van der Waals surface area (Å²) in [6.07, 6.45) is 6.38. The first-order chi connectivity index (χ1) is 8.84. The Labute approximate surface area is 105 Å².